The molecule has 2 unspecified atom stereocenters. The van der Waals surface area contributed by atoms with E-state index in [1.54, 1.807) is 17.9 Å². The second-order valence-corrected chi connectivity index (χ2v) is 5.70. The van der Waals surface area contributed by atoms with Crippen LogP contribution < -0.4 is 4.90 Å². The third-order valence-electron chi connectivity index (χ3n) is 4.03. The third kappa shape index (κ3) is 2.71. The van der Waals surface area contributed by atoms with Crippen molar-refractivity contribution < 1.29 is 23.1 Å². The van der Waals surface area contributed by atoms with Gasteiger partial charge in [-0.1, -0.05) is 6.07 Å². The van der Waals surface area contributed by atoms with E-state index >= 15 is 0 Å². The highest BCUT2D eigenvalue weighted by Gasteiger charge is 2.43. The van der Waals surface area contributed by atoms with Gasteiger partial charge in [0.2, 0.25) is 0 Å². The van der Waals surface area contributed by atoms with E-state index in [4.69, 9.17) is 0 Å². The molecule has 0 spiro atoms. The van der Waals surface area contributed by atoms with Gasteiger partial charge in [0, 0.05) is 17.8 Å². The largest absolute Gasteiger partial charge is 0.481 e. The fraction of sp³-hybridized carbons (Fsp3) is 0.533. The number of fused-ring (bicyclic) bond motifs is 1. The molecule has 0 aromatic heterocycles. The SMILES string of the molecule is CC(C(=O)O)C1Cc2c(cccc2C(F)(F)F)N1C(C)C. The monoisotopic (exact) mass is 301 g/mol. The maximum Gasteiger partial charge on any atom is 0.416 e. The van der Waals surface area contributed by atoms with Crippen molar-refractivity contribution in [2.75, 3.05) is 4.90 Å². The van der Waals surface area contributed by atoms with Gasteiger partial charge >= 0.3 is 12.1 Å². The highest BCUT2D eigenvalue weighted by atomic mass is 19.4. The van der Waals surface area contributed by atoms with Gasteiger partial charge in [0.1, 0.15) is 0 Å². The van der Waals surface area contributed by atoms with E-state index in [-0.39, 0.29) is 18.0 Å². The van der Waals surface area contributed by atoms with Gasteiger partial charge in [-0.2, -0.15) is 13.2 Å². The first-order valence-corrected chi connectivity index (χ1v) is 6.84. The van der Waals surface area contributed by atoms with Crippen LogP contribution >= 0.6 is 0 Å². The zero-order valence-electron chi connectivity index (χ0n) is 12.1. The van der Waals surface area contributed by atoms with Crippen molar-refractivity contribution in [1.29, 1.82) is 0 Å². The van der Waals surface area contributed by atoms with Gasteiger partial charge < -0.3 is 10.0 Å². The Bertz CT molecular complexity index is 554. The Morgan fingerprint density at radius 3 is 2.43 bits per heavy atom. The lowest BCUT2D eigenvalue weighted by Gasteiger charge is -2.33. The second-order valence-electron chi connectivity index (χ2n) is 5.70. The van der Waals surface area contributed by atoms with Crippen molar-refractivity contribution in [3.8, 4) is 0 Å². The van der Waals surface area contributed by atoms with Crippen molar-refractivity contribution in [2.24, 2.45) is 5.92 Å². The van der Waals surface area contributed by atoms with Gasteiger partial charge in [-0.15, -0.1) is 0 Å². The summed E-state index contributed by atoms with van der Waals surface area (Å²) in [5, 5.41) is 9.20. The molecule has 1 aromatic carbocycles. The van der Waals surface area contributed by atoms with Crippen LogP contribution in [0.1, 0.15) is 31.9 Å². The number of hydrogen-bond donors (Lipinski definition) is 1. The van der Waals surface area contributed by atoms with Crippen LogP contribution in [0, 0.1) is 5.92 Å². The molecule has 1 aliphatic rings. The molecule has 1 aliphatic heterocycles. The van der Waals surface area contributed by atoms with E-state index in [0.29, 0.717) is 5.69 Å². The molecule has 0 amide bonds. The lowest BCUT2D eigenvalue weighted by molar-refractivity contribution is -0.141. The molecule has 0 saturated heterocycles. The van der Waals surface area contributed by atoms with Crippen LogP contribution in [-0.2, 0) is 17.4 Å². The van der Waals surface area contributed by atoms with Crippen LogP contribution in [0.15, 0.2) is 18.2 Å². The lowest BCUT2D eigenvalue weighted by atomic mass is 9.95. The number of rotatable bonds is 3. The van der Waals surface area contributed by atoms with Crippen LogP contribution in [0.3, 0.4) is 0 Å². The van der Waals surface area contributed by atoms with Crippen molar-refractivity contribution in [3.05, 3.63) is 29.3 Å². The number of anilines is 1. The standard InChI is InChI=1S/C15H18F3NO2/c1-8(2)19-12-6-4-5-11(15(16,17)18)10(12)7-13(19)9(3)14(20)21/h4-6,8-9,13H,7H2,1-3H3,(H,20,21). The number of alkyl halides is 3. The number of nitrogens with zero attached hydrogens (tertiary/aromatic N) is 1. The fourth-order valence-electron chi connectivity index (χ4n) is 3.03. The molecule has 0 bridgehead atoms. The summed E-state index contributed by atoms with van der Waals surface area (Å²) in [5.74, 6) is -1.73. The second kappa shape index (κ2) is 5.24. The smallest absolute Gasteiger partial charge is 0.416 e. The summed E-state index contributed by atoms with van der Waals surface area (Å²) in [4.78, 5) is 13.0. The van der Waals surface area contributed by atoms with Crippen LogP contribution in [0.4, 0.5) is 18.9 Å². The van der Waals surface area contributed by atoms with E-state index < -0.39 is 29.7 Å². The Kier molecular flexibility index (Phi) is 3.91. The summed E-state index contributed by atoms with van der Waals surface area (Å²) in [6, 6.07) is 3.55. The molecule has 2 atom stereocenters. The summed E-state index contributed by atoms with van der Waals surface area (Å²) in [6.07, 6.45) is -4.31. The Morgan fingerprint density at radius 2 is 1.95 bits per heavy atom. The predicted molar refractivity (Wildman–Crippen MR) is 73.4 cm³/mol. The summed E-state index contributed by atoms with van der Waals surface area (Å²) in [7, 11) is 0. The first-order chi connectivity index (χ1) is 9.64. The molecule has 1 N–H and O–H groups in total. The van der Waals surface area contributed by atoms with Crippen LogP contribution in [-0.4, -0.2) is 23.2 Å². The molecule has 0 aliphatic carbocycles. The predicted octanol–water partition coefficient (Wildman–Crippen LogP) is 3.57. The highest BCUT2D eigenvalue weighted by Crippen LogP contribution is 2.43. The zero-order valence-corrected chi connectivity index (χ0v) is 12.1. The van der Waals surface area contributed by atoms with E-state index in [1.807, 2.05) is 13.8 Å². The van der Waals surface area contributed by atoms with E-state index in [2.05, 4.69) is 0 Å². The first-order valence-electron chi connectivity index (χ1n) is 6.84. The van der Waals surface area contributed by atoms with Crippen molar-refractivity contribution in [3.63, 3.8) is 0 Å². The Labute approximate surface area is 121 Å². The normalized spacial score (nSPS) is 19.8. The molecule has 6 heteroatoms. The van der Waals surface area contributed by atoms with Crippen LogP contribution in [0.25, 0.3) is 0 Å². The summed E-state index contributed by atoms with van der Waals surface area (Å²) in [6.45, 7) is 5.26. The van der Waals surface area contributed by atoms with E-state index in [1.165, 1.54) is 6.07 Å². The van der Waals surface area contributed by atoms with Gasteiger partial charge in [0.25, 0.3) is 0 Å². The summed E-state index contributed by atoms with van der Waals surface area (Å²) >= 11 is 0. The number of carboxylic acids is 1. The molecule has 2 rings (SSSR count). The fourth-order valence-corrected chi connectivity index (χ4v) is 3.03. The highest BCUT2D eigenvalue weighted by molar-refractivity contribution is 5.74. The summed E-state index contributed by atoms with van der Waals surface area (Å²) in [5.41, 5.74) is 0.0421. The molecule has 21 heavy (non-hydrogen) atoms. The molecule has 116 valence electrons. The average Bonchev–Trinajstić information content (AvgIpc) is 2.74. The topological polar surface area (TPSA) is 40.5 Å². The molecular weight excluding hydrogens is 283 g/mol. The quantitative estimate of drug-likeness (QED) is 0.928. The number of benzene rings is 1. The molecular formula is C15H18F3NO2. The van der Waals surface area contributed by atoms with Crippen LogP contribution in [0.5, 0.6) is 0 Å². The number of carboxylic acid groups (broad SMARTS) is 1. The number of hydrogen-bond acceptors (Lipinski definition) is 2. The van der Waals surface area contributed by atoms with Gasteiger partial charge in [-0.25, -0.2) is 0 Å². The van der Waals surface area contributed by atoms with Gasteiger partial charge in [-0.3, -0.25) is 4.79 Å². The minimum atomic E-state index is -4.42. The third-order valence-corrected chi connectivity index (χ3v) is 4.03. The zero-order chi connectivity index (χ0) is 15.9. The molecule has 1 heterocycles. The molecule has 0 fully saturated rings. The van der Waals surface area contributed by atoms with Crippen molar-refractivity contribution in [2.45, 2.75) is 45.5 Å². The average molecular weight is 301 g/mol. The minimum Gasteiger partial charge on any atom is -0.481 e. The lowest BCUT2D eigenvalue weighted by Crippen LogP contribution is -2.44. The molecule has 0 saturated carbocycles. The van der Waals surface area contributed by atoms with Crippen molar-refractivity contribution >= 4 is 11.7 Å². The maximum atomic E-state index is 13.1. The molecule has 3 nitrogen and oxygen atoms in total. The number of halogens is 3. The number of aliphatic carboxylic acids is 1. The Morgan fingerprint density at radius 1 is 1.33 bits per heavy atom. The molecule has 0 radical (unpaired) electrons. The molecule has 1 aromatic rings. The number of carbonyl (C=O) groups is 1. The van der Waals surface area contributed by atoms with Gasteiger partial charge in [0.05, 0.1) is 11.5 Å². The first kappa shape index (κ1) is 15.7. The van der Waals surface area contributed by atoms with Crippen LogP contribution in [0.2, 0.25) is 0 Å². The van der Waals surface area contributed by atoms with Gasteiger partial charge in [0.15, 0.2) is 0 Å². The Hall–Kier alpha value is -1.72. The minimum absolute atomic E-state index is 0.0680. The van der Waals surface area contributed by atoms with Crippen molar-refractivity contribution in [1.82, 2.24) is 0 Å². The Balaban J connectivity index is 2.53. The maximum absolute atomic E-state index is 13.1. The summed E-state index contributed by atoms with van der Waals surface area (Å²) < 4.78 is 39.4. The van der Waals surface area contributed by atoms with E-state index in [0.717, 1.165) is 6.07 Å². The van der Waals surface area contributed by atoms with E-state index in [9.17, 15) is 23.1 Å². The van der Waals surface area contributed by atoms with Gasteiger partial charge in [-0.05, 0) is 44.9 Å².